The minimum atomic E-state index is -0.467. The Morgan fingerprint density at radius 3 is 2.41 bits per heavy atom. The van der Waals surface area contributed by atoms with E-state index in [1.54, 1.807) is 6.92 Å². The molecule has 2 fully saturated rings. The summed E-state index contributed by atoms with van der Waals surface area (Å²) >= 11 is 0. The second-order valence-electron chi connectivity index (χ2n) is 5.91. The number of aliphatic hydroxyl groups is 2. The van der Waals surface area contributed by atoms with Gasteiger partial charge in [-0.3, -0.25) is 0 Å². The quantitative estimate of drug-likeness (QED) is 0.784. The lowest BCUT2D eigenvalue weighted by molar-refractivity contribution is -0.171. The van der Waals surface area contributed by atoms with E-state index in [-0.39, 0.29) is 24.4 Å². The van der Waals surface area contributed by atoms with Crippen LogP contribution in [0.1, 0.15) is 46.5 Å². The number of ether oxygens (including phenoxy) is 2. The molecule has 4 nitrogen and oxygen atoms in total. The van der Waals surface area contributed by atoms with E-state index >= 15 is 0 Å². The van der Waals surface area contributed by atoms with Crippen molar-refractivity contribution in [3.8, 4) is 0 Å². The van der Waals surface area contributed by atoms with Crippen LogP contribution >= 0.6 is 0 Å². The zero-order chi connectivity index (χ0) is 12.7. The van der Waals surface area contributed by atoms with Gasteiger partial charge in [0.25, 0.3) is 0 Å². The van der Waals surface area contributed by atoms with Crippen LogP contribution in [-0.2, 0) is 9.47 Å². The fourth-order valence-electron chi connectivity index (χ4n) is 2.91. The van der Waals surface area contributed by atoms with E-state index in [9.17, 15) is 5.11 Å². The second-order valence-corrected chi connectivity index (χ2v) is 5.91. The predicted molar refractivity (Wildman–Crippen MR) is 63.8 cm³/mol. The molecule has 17 heavy (non-hydrogen) atoms. The third-order valence-corrected chi connectivity index (χ3v) is 4.48. The number of hydrogen-bond donors (Lipinski definition) is 2. The standard InChI is InChI=1S/C13H24O4/c1-9(15)12(2)7-5-11(17-12)13(3)6-4-10(8-14)16-13/h9-11,14-15H,4-8H2,1-3H3. The highest BCUT2D eigenvalue weighted by atomic mass is 16.6. The predicted octanol–water partition coefficient (Wildman–Crippen LogP) is 1.23. The lowest BCUT2D eigenvalue weighted by atomic mass is 9.91. The molecule has 5 unspecified atom stereocenters. The minimum Gasteiger partial charge on any atom is -0.394 e. The van der Waals surface area contributed by atoms with Crippen LogP contribution in [0.25, 0.3) is 0 Å². The van der Waals surface area contributed by atoms with E-state index in [2.05, 4.69) is 6.92 Å². The van der Waals surface area contributed by atoms with Crippen molar-refractivity contribution in [2.45, 2.75) is 76.0 Å². The summed E-state index contributed by atoms with van der Waals surface area (Å²) in [5, 5.41) is 18.9. The van der Waals surface area contributed by atoms with Crippen LogP contribution in [0.15, 0.2) is 0 Å². The molecular formula is C13H24O4. The van der Waals surface area contributed by atoms with E-state index in [1.807, 2.05) is 6.92 Å². The molecule has 0 aliphatic carbocycles. The molecule has 0 aromatic heterocycles. The monoisotopic (exact) mass is 244 g/mol. The van der Waals surface area contributed by atoms with Gasteiger partial charge in [0, 0.05) is 0 Å². The fraction of sp³-hybridized carbons (Fsp3) is 1.00. The summed E-state index contributed by atoms with van der Waals surface area (Å²) in [6.07, 6.45) is 3.08. The van der Waals surface area contributed by atoms with Crippen LogP contribution < -0.4 is 0 Å². The molecule has 0 aromatic rings. The molecule has 2 aliphatic rings. The topological polar surface area (TPSA) is 58.9 Å². The van der Waals surface area contributed by atoms with Crippen molar-refractivity contribution in [3.63, 3.8) is 0 Å². The molecule has 2 saturated heterocycles. The Hall–Kier alpha value is -0.160. The third kappa shape index (κ3) is 2.36. The summed E-state index contributed by atoms with van der Waals surface area (Å²) in [5.41, 5.74) is -0.756. The van der Waals surface area contributed by atoms with Crippen LogP contribution in [-0.4, -0.2) is 46.3 Å². The molecule has 0 spiro atoms. The number of aliphatic hydroxyl groups excluding tert-OH is 2. The molecule has 2 heterocycles. The SMILES string of the molecule is CC(O)C1(C)CCC(C2(C)CCC(CO)O2)O1. The van der Waals surface area contributed by atoms with E-state index in [0.717, 1.165) is 25.7 Å². The molecule has 2 aliphatic heterocycles. The van der Waals surface area contributed by atoms with Crippen molar-refractivity contribution >= 4 is 0 Å². The Morgan fingerprint density at radius 2 is 1.94 bits per heavy atom. The van der Waals surface area contributed by atoms with Gasteiger partial charge < -0.3 is 19.7 Å². The molecule has 0 bridgehead atoms. The van der Waals surface area contributed by atoms with Crippen molar-refractivity contribution in [1.29, 1.82) is 0 Å². The molecule has 0 amide bonds. The maximum atomic E-state index is 9.75. The third-order valence-electron chi connectivity index (χ3n) is 4.48. The Balaban J connectivity index is 2.01. The largest absolute Gasteiger partial charge is 0.394 e. The Labute approximate surface area is 103 Å². The Bertz CT molecular complexity index is 281. The molecule has 2 rings (SSSR count). The van der Waals surface area contributed by atoms with Crippen LogP contribution in [0.5, 0.6) is 0 Å². The van der Waals surface area contributed by atoms with Crippen molar-refractivity contribution in [3.05, 3.63) is 0 Å². The van der Waals surface area contributed by atoms with Gasteiger partial charge in [0.1, 0.15) is 0 Å². The lowest BCUT2D eigenvalue weighted by Crippen LogP contribution is -2.44. The van der Waals surface area contributed by atoms with Crippen molar-refractivity contribution < 1.29 is 19.7 Å². The summed E-state index contributed by atoms with van der Waals surface area (Å²) in [4.78, 5) is 0. The van der Waals surface area contributed by atoms with E-state index in [1.165, 1.54) is 0 Å². The van der Waals surface area contributed by atoms with Gasteiger partial charge in [-0.05, 0) is 46.5 Å². The van der Waals surface area contributed by atoms with E-state index in [0.29, 0.717) is 0 Å². The molecule has 100 valence electrons. The van der Waals surface area contributed by atoms with Crippen molar-refractivity contribution in [2.75, 3.05) is 6.61 Å². The summed E-state index contributed by atoms with van der Waals surface area (Å²) in [5.74, 6) is 0. The normalized spacial score (nSPS) is 48.5. The lowest BCUT2D eigenvalue weighted by Gasteiger charge is -2.34. The highest BCUT2D eigenvalue weighted by molar-refractivity contribution is 4.99. The van der Waals surface area contributed by atoms with Crippen LogP contribution in [0.4, 0.5) is 0 Å². The highest BCUT2D eigenvalue weighted by Gasteiger charge is 2.50. The average Bonchev–Trinajstić information content (AvgIpc) is 2.84. The molecule has 2 N–H and O–H groups in total. The van der Waals surface area contributed by atoms with Gasteiger partial charge in [-0.25, -0.2) is 0 Å². The molecule has 0 aromatic carbocycles. The number of rotatable bonds is 3. The Morgan fingerprint density at radius 1 is 1.24 bits per heavy atom. The first-order valence-electron chi connectivity index (χ1n) is 6.54. The van der Waals surface area contributed by atoms with E-state index < -0.39 is 11.7 Å². The molecule has 5 atom stereocenters. The van der Waals surface area contributed by atoms with E-state index in [4.69, 9.17) is 14.6 Å². The zero-order valence-corrected chi connectivity index (χ0v) is 11.0. The maximum Gasteiger partial charge on any atom is 0.0921 e. The molecule has 0 saturated carbocycles. The summed E-state index contributed by atoms with van der Waals surface area (Å²) in [6, 6.07) is 0. The second kappa shape index (κ2) is 4.50. The molecule has 4 heteroatoms. The smallest absolute Gasteiger partial charge is 0.0921 e. The zero-order valence-electron chi connectivity index (χ0n) is 11.0. The summed E-state index contributed by atoms with van der Waals surface area (Å²) in [6.45, 7) is 5.87. The average molecular weight is 244 g/mol. The van der Waals surface area contributed by atoms with Gasteiger partial charge in [-0.1, -0.05) is 0 Å². The Kier molecular flexibility index (Phi) is 3.51. The first kappa shape index (κ1) is 13.3. The van der Waals surface area contributed by atoms with Gasteiger partial charge in [0.2, 0.25) is 0 Å². The fourth-order valence-corrected chi connectivity index (χ4v) is 2.91. The molecule has 0 radical (unpaired) electrons. The maximum absolute atomic E-state index is 9.75. The van der Waals surface area contributed by atoms with Crippen molar-refractivity contribution in [1.82, 2.24) is 0 Å². The van der Waals surface area contributed by atoms with Crippen LogP contribution in [0.2, 0.25) is 0 Å². The van der Waals surface area contributed by atoms with Gasteiger partial charge in [0.15, 0.2) is 0 Å². The number of hydrogen-bond acceptors (Lipinski definition) is 4. The van der Waals surface area contributed by atoms with Crippen LogP contribution in [0, 0.1) is 0 Å². The first-order chi connectivity index (χ1) is 7.89. The van der Waals surface area contributed by atoms with Crippen molar-refractivity contribution in [2.24, 2.45) is 0 Å². The van der Waals surface area contributed by atoms with Gasteiger partial charge in [-0.15, -0.1) is 0 Å². The summed E-state index contributed by atoms with van der Waals surface area (Å²) in [7, 11) is 0. The van der Waals surface area contributed by atoms with Crippen LogP contribution in [0.3, 0.4) is 0 Å². The molecular weight excluding hydrogens is 220 g/mol. The summed E-state index contributed by atoms with van der Waals surface area (Å²) < 4.78 is 11.9. The van der Waals surface area contributed by atoms with Gasteiger partial charge in [0.05, 0.1) is 36.1 Å². The highest BCUT2D eigenvalue weighted by Crippen LogP contribution is 2.43. The first-order valence-corrected chi connectivity index (χ1v) is 6.54. The van der Waals surface area contributed by atoms with Gasteiger partial charge in [-0.2, -0.15) is 0 Å². The van der Waals surface area contributed by atoms with Gasteiger partial charge >= 0.3 is 0 Å². The minimum absolute atomic E-state index is 0.0265.